The van der Waals surface area contributed by atoms with Crippen molar-refractivity contribution in [3.63, 3.8) is 0 Å². The van der Waals surface area contributed by atoms with Crippen molar-refractivity contribution in [2.45, 2.75) is 53.1 Å². The summed E-state index contributed by atoms with van der Waals surface area (Å²) in [6.45, 7) is 8.36. The van der Waals surface area contributed by atoms with E-state index in [9.17, 15) is 9.59 Å². The summed E-state index contributed by atoms with van der Waals surface area (Å²) < 4.78 is 22.3. The number of ether oxygens (including phenoxy) is 4. The van der Waals surface area contributed by atoms with Crippen molar-refractivity contribution in [2.75, 3.05) is 20.8 Å². The number of esters is 1. The molecule has 0 spiro atoms. The molecule has 1 aliphatic heterocycles. The fourth-order valence-corrected chi connectivity index (χ4v) is 5.14. The monoisotopic (exact) mass is 505 g/mol. The van der Waals surface area contributed by atoms with E-state index >= 15 is 0 Å². The number of benzene rings is 2. The zero-order chi connectivity index (χ0) is 26.7. The van der Waals surface area contributed by atoms with Crippen LogP contribution in [0.1, 0.15) is 57.6 Å². The van der Waals surface area contributed by atoms with Crippen molar-refractivity contribution in [3.8, 4) is 17.2 Å². The fraction of sp³-hybridized carbons (Fsp3) is 0.400. The molecule has 1 aliphatic carbocycles. The zero-order valence-corrected chi connectivity index (χ0v) is 22.4. The van der Waals surface area contributed by atoms with E-state index in [1.807, 2.05) is 49.4 Å². The van der Waals surface area contributed by atoms with E-state index in [2.05, 4.69) is 19.2 Å². The van der Waals surface area contributed by atoms with Gasteiger partial charge < -0.3 is 24.3 Å². The van der Waals surface area contributed by atoms with Gasteiger partial charge >= 0.3 is 5.97 Å². The van der Waals surface area contributed by atoms with E-state index in [-0.39, 0.29) is 17.8 Å². The number of hydrogen-bond donors (Lipinski definition) is 1. The van der Waals surface area contributed by atoms with Crippen molar-refractivity contribution in [1.82, 2.24) is 5.32 Å². The number of nitrogens with one attached hydrogen (secondary N) is 1. The molecule has 2 aromatic rings. The summed E-state index contributed by atoms with van der Waals surface area (Å²) in [6.07, 6.45) is 1.15. The molecule has 1 N–H and O–H groups in total. The largest absolute Gasteiger partial charge is 0.497 e. The molecule has 0 amide bonds. The van der Waals surface area contributed by atoms with Crippen LogP contribution in [0.4, 0.5) is 0 Å². The average Bonchev–Trinajstić information content (AvgIpc) is 2.86. The van der Waals surface area contributed by atoms with Gasteiger partial charge in [-0.05, 0) is 61.6 Å². The highest BCUT2D eigenvalue weighted by atomic mass is 16.5. The molecule has 196 valence electrons. The third-order valence-electron chi connectivity index (χ3n) is 6.83. The van der Waals surface area contributed by atoms with Gasteiger partial charge in [0.2, 0.25) is 0 Å². The molecule has 0 saturated heterocycles. The Balaban J connectivity index is 1.71. The number of rotatable bonds is 8. The predicted octanol–water partition coefficient (Wildman–Crippen LogP) is 5.45. The molecule has 2 aliphatic rings. The third-order valence-corrected chi connectivity index (χ3v) is 6.83. The van der Waals surface area contributed by atoms with Crippen LogP contribution in [0.25, 0.3) is 0 Å². The van der Waals surface area contributed by atoms with Crippen LogP contribution >= 0.6 is 0 Å². The van der Waals surface area contributed by atoms with Crippen LogP contribution in [0.2, 0.25) is 0 Å². The van der Waals surface area contributed by atoms with Crippen molar-refractivity contribution in [3.05, 3.63) is 76.1 Å². The molecule has 1 heterocycles. The van der Waals surface area contributed by atoms with Gasteiger partial charge in [-0.3, -0.25) is 4.79 Å². The standard InChI is InChI=1S/C30H35NO6/c1-7-36-29(33)26-18(2)31-23-15-30(3,4)16-24(32)28(23)27(26)19-8-9-20(25(14-19)35-6)17-37-22-12-10-21(34-5)11-13-22/h8-14,27,31H,7,15-17H2,1-6H3/t27-/m1/s1. The number of carbonyl (C=O) groups is 2. The van der Waals surface area contributed by atoms with E-state index in [1.54, 1.807) is 21.1 Å². The second-order valence-corrected chi connectivity index (χ2v) is 10.2. The van der Waals surface area contributed by atoms with E-state index < -0.39 is 11.9 Å². The van der Waals surface area contributed by atoms with Gasteiger partial charge in [-0.2, -0.15) is 0 Å². The number of Topliss-reactive ketones (excluding diaryl/α,β-unsaturated/α-hetero) is 1. The number of methoxy groups -OCH3 is 2. The highest BCUT2D eigenvalue weighted by Gasteiger charge is 2.43. The quantitative estimate of drug-likeness (QED) is 0.478. The summed E-state index contributed by atoms with van der Waals surface area (Å²) in [7, 11) is 3.22. The third kappa shape index (κ3) is 5.50. The molecule has 4 rings (SSSR count). The lowest BCUT2D eigenvalue weighted by atomic mass is 9.68. The van der Waals surface area contributed by atoms with Crippen molar-refractivity contribution in [1.29, 1.82) is 0 Å². The number of hydrogen-bond acceptors (Lipinski definition) is 7. The molecule has 0 saturated carbocycles. The Labute approximate surface area is 218 Å². The minimum atomic E-state index is -0.538. The number of ketones is 1. The Morgan fingerprint density at radius 2 is 1.73 bits per heavy atom. The Hall–Kier alpha value is -3.74. The van der Waals surface area contributed by atoms with Gasteiger partial charge in [0.05, 0.1) is 26.4 Å². The summed E-state index contributed by atoms with van der Waals surface area (Å²) >= 11 is 0. The molecule has 0 bridgehead atoms. The smallest absolute Gasteiger partial charge is 0.336 e. The van der Waals surface area contributed by atoms with Crippen LogP contribution in [0.15, 0.2) is 65.0 Å². The minimum absolute atomic E-state index is 0.0453. The first-order valence-electron chi connectivity index (χ1n) is 12.5. The van der Waals surface area contributed by atoms with Crippen LogP contribution in [0, 0.1) is 5.41 Å². The Kier molecular flexibility index (Phi) is 7.62. The fourth-order valence-electron chi connectivity index (χ4n) is 5.14. The van der Waals surface area contributed by atoms with Crippen molar-refractivity contribution < 1.29 is 28.5 Å². The van der Waals surface area contributed by atoms with Gasteiger partial charge in [-0.15, -0.1) is 0 Å². The lowest BCUT2D eigenvalue weighted by Crippen LogP contribution is -2.38. The summed E-state index contributed by atoms with van der Waals surface area (Å²) in [6, 6.07) is 13.1. The molecule has 7 nitrogen and oxygen atoms in total. The maximum atomic E-state index is 13.5. The van der Waals surface area contributed by atoms with Crippen LogP contribution in [-0.4, -0.2) is 32.6 Å². The van der Waals surface area contributed by atoms with Crippen LogP contribution in [0.3, 0.4) is 0 Å². The van der Waals surface area contributed by atoms with E-state index in [1.165, 1.54) is 0 Å². The van der Waals surface area contributed by atoms with Gasteiger partial charge in [0.15, 0.2) is 5.78 Å². The summed E-state index contributed by atoms with van der Waals surface area (Å²) in [5, 5.41) is 3.36. The zero-order valence-electron chi connectivity index (χ0n) is 22.4. The first-order chi connectivity index (χ1) is 17.7. The lowest BCUT2D eigenvalue weighted by Gasteiger charge is -2.39. The van der Waals surface area contributed by atoms with Crippen molar-refractivity contribution >= 4 is 11.8 Å². The molecule has 1 atom stereocenters. The number of dihydropyridines is 1. The molecule has 0 radical (unpaired) electrons. The first kappa shape index (κ1) is 26.3. The Morgan fingerprint density at radius 1 is 1.03 bits per heavy atom. The summed E-state index contributed by atoms with van der Waals surface area (Å²) in [4.78, 5) is 26.6. The summed E-state index contributed by atoms with van der Waals surface area (Å²) in [5.74, 6) is 1.17. The van der Waals surface area contributed by atoms with E-state index in [4.69, 9.17) is 18.9 Å². The van der Waals surface area contributed by atoms with E-state index in [0.717, 1.165) is 29.0 Å². The van der Waals surface area contributed by atoms with Gasteiger partial charge in [-0.25, -0.2) is 4.79 Å². The average molecular weight is 506 g/mol. The molecule has 37 heavy (non-hydrogen) atoms. The van der Waals surface area contributed by atoms with Crippen LogP contribution < -0.4 is 19.5 Å². The number of carbonyl (C=O) groups excluding carboxylic acids is 2. The van der Waals surface area contributed by atoms with Gasteiger partial charge in [0.1, 0.15) is 23.9 Å². The minimum Gasteiger partial charge on any atom is -0.497 e. The highest BCUT2D eigenvalue weighted by Crippen LogP contribution is 2.47. The van der Waals surface area contributed by atoms with Crippen molar-refractivity contribution in [2.24, 2.45) is 5.41 Å². The molecule has 0 unspecified atom stereocenters. The maximum Gasteiger partial charge on any atom is 0.336 e. The Morgan fingerprint density at radius 3 is 2.38 bits per heavy atom. The topological polar surface area (TPSA) is 83.1 Å². The van der Waals surface area contributed by atoms with Gasteiger partial charge in [0, 0.05) is 34.9 Å². The SMILES string of the molecule is CCOC(=O)C1=C(C)NC2=C(C(=O)CC(C)(C)C2)[C@@H]1c1ccc(COc2ccc(OC)cc2)c(OC)c1. The molecule has 7 heteroatoms. The summed E-state index contributed by atoms with van der Waals surface area (Å²) in [5.41, 5.74) is 4.17. The Bertz CT molecular complexity index is 1260. The van der Waals surface area contributed by atoms with Gasteiger partial charge in [0.25, 0.3) is 0 Å². The number of allylic oxidation sites excluding steroid dienone is 3. The molecule has 2 aromatic carbocycles. The van der Waals surface area contributed by atoms with Crippen LogP contribution in [-0.2, 0) is 20.9 Å². The normalized spacial score (nSPS) is 18.6. The molecule has 0 aromatic heterocycles. The lowest BCUT2D eigenvalue weighted by molar-refractivity contribution is -0.138. The van der Waals surface area contributed by atoms with Gasteiger partial charge in [-0.1, -0.05) is 26.0 Å². The highest BCUT2D eigenvalue weighted by molar-refractivity contribution is 6.04. The van der Waals surface area contributed by atoms with E-state index in [0.29, 0.717) is 41.4 Å². The molecule has 0 fully saturated rings. The molecular formula is C30H35NO6. The molecular weight excluding hydrogens is 470 g/mol. The maximum absolute atomic E-state index is 13.5. The first-order valence-corrected chi connectivity index (χ1v) is 12.5. The van der Waals surface area contributed by atoms with Crippen LogP contribution in [0.5, 0.6) is 17.2 Å². The second kappa shape index (κ2) is 10.7. The predicted molar refractivity (Wildman–Crippen MR) is 141 cm³/mol. The second-order valence-electron chi connectivity index (χ2n) is 10.2.